The van der Waals surface area contributed by atoms with Gasteiger partial charge in [-0.05, 0) is 31.4 Å². The molecule has 1 aliphatic rings. The molecule has 1 aromatic carbocycles. The first-order valence-electron chi connectivity index (χ1n) is 6.82. The van der Waals surface area contributed by atoms with E-state index in [4.69, 9.17) is 5.26 Å². The zero-order chi connectivity index (χ0) is 15.2. The number of anilines is 1. The van der Waals surface area contributed by atoms with Crippen molar-refractivity contribution in [2.24, 2.45) is 0 Å². The number of nitrogens with one attached hydrogen (secondary N) is 2. The van der Waals surface area contributed by atoms with Gasteiger partial charge in [0.1, 0.15) is 17.3 Å². The Morgan fingerprint density at radius 3 is 2.86 bits per heavy atom. The molecule has 0 bridgehead atoms. The number of nitro groups is 1. The molecule has 0 aliphatic heterocycles. The van der Waals surface area contributed by atoms with Crippen molar-refractivity contribution >= 4 is 17.3 Å². The smallest absolute Gasteiger partial charge is 0.309 e. The van der Waals surface area contributed by atoms with Gasteiger partial charge in [0.2, 0.25) is 5.91 Å². The number of para-hydroxylation sites is 1. The fraction of sp³-hybridized carbons (Fsp3) is 0.429. The molecule has 0 heterocycles. The summed E-state index contributed by atoms with van der Waals surface area (Å²) in [4.78, 5) is 21.9. The van der Waals surface area contributed by atoms with E-state index in [9.17, 15) is 14.9 Å². The number of hydrogen-bond donors (Lipinski definition) is 2. The number of carbonyl (C=O) groups is 1. The monoisotopic (exact) mass is 288 g/mol. The Labute approximate surface area is 122 Å². The van der Waals surface area contributed by atoms with E-state index < -0.39 is 4.92 Å². The van der Waals surface area contributed by atoms with Crippen molar-refractivity contribution in [3.05, 3.63) is 33.9 Å². The van der Waals surface area contributed by atoms with Crippen LogP contribution >= 0.6 is 0 Å². The summed E-state index contributed by atoms with van der Waals surface area (Å²) in [6, 6.07) is 6.71. The van der Waals surface area contributed by atoms with Crippen LogP contribution in [0.15, 0.2) is 18.2 Å². The number of nitriles is 1. The van der Waals surface area contributed by atoms with Crippen LogP contribution in [0, 0.1) is 21.4 Å². The summed E-state index contributed by atoms with van der Waals surface area (Å²) < 4.78 is 0. The fourth-order valence-corrected chi connectivity index (χ4v) is 1.97. The van der Waals surface area contributed by atoms with E-state index in [1.54, 1.807) is 12.1 Å². The van der Waals surface area contributed by atoms with Crippen molar-refractivity contribution in [2.45, 2.75) is 31.7 Å². The first-order valence-corrected chi connectivity index (χ1v) is 6.82. The predicted octanol–water partition coefficient (Wildman–Crippen LogP) is 1.94. The summed E-state index contributed by atoms with van der Waals surface area (Å²) in [6.07, 6.45) is 3.07. The van der Waals surface area contributed by atoms with Crippen molar-refractivity contribution in [1.82, 2.24) is 5.32 Å². The fourth-order valence-electron chi connectivity index (χ4n) is 1.97. The summed E-state index contributed by atoms with van der Waals surface area (Å²) in [6.45, 7) is 0.438. The Morgan fingerprint density at radius 2 is 2.24 bits per heavy atom. The minimum Gasteiger partial charge on any atom is -0.379 e. The van der Waals surface area contributed by atoms with E-state index in [0.29, 0.717) is 31.1 Å². The maximum atomic E-state index is 11.5. The molecule has 0 unspecified atom stereocenters. The number of rotatable bonds is 7. The van der Waals surface area contributed by atoms with Crippen molar-refractivity contribution in [3.63, 3.8) is 0 Å². The van der Waals surface area contributed by atoms with Crippen LogP contribution in [-0.4, -0.2) is 23.4 Å². The third-order valence-corrected chi connectivity index (χ3v) is 3.18. The molecule has 7 heteroatoms. The average molecular weight is 288 g/mol. The largest absolute Gasteiger partial charge is 0.379 e. The van der Waals surface area contributed by atoms with Crippen LogP contribution < -0.4 is 10.6 Å². The number of nitro benzene ring substituents is 1. The lowest BCUT2D eigenvalue weighted by Gasteiger charge is -2.08. The van der Waals surface area contributed by atoms with Gasteiger partial charge in [0.25, 0.3) is 0 Å². The molecule has 1 aromatic rings. The molecule has 1 saturated carbocycles. The number of nitrogens with zero attached hydrogens (tertiary/aromatic N) is 2. The molecule has 0 radical (unpaired) electrons. The van der Waals surface area contributed by atoms with Gasteiger partial charge < -0.3 is 10.6 Å². The van der Waals surface area contributed by atoms with E-state index in [-0.39, 0.29) is 17.2 Å². The standard InChI is InChI=1S/C14H16N4O3/c15-9-10-3-1-4-12(14(10)18(20)21)16-8-2-5-13(19)17-11-6-7-11/h1,3-4,11,16H,2,5-8H2,(H,17,19). The van der Waals surface area contributed by atoms with Gasteiger partial charge in [-0.15, -0.1) is 0 Å². The Kier molecular flexibility index (Phi) is 4.72. The summed E-state index contributed by atoms with van der Waals surface area (Å²) >= 11 is 0. The molecule has 0 atom stereocenters. The van der Waals surface area contributed by atoms with Crippen molar-refractivity contribution in [3.8, 4) is 6.07 Å². The number of hydrogen-bond acceptors (Lipinski definition) is 5. The number of amides is 1. The quantitative estimate of drug-likeness (QED) is 0.453. The Bertz CT molecular complexity index is 590. The minimum atomic E-state index is -0.569. The Balaban J connectivity index is 1.86. The molecular weight excluding hydrogens is 272 g/mol. The molecule has 0 saturated heterocycles. The molecule has 2 rings (SSSR count). The maximum Gasteiger partial charge on any atom is 0.309 e. The molecule has 110 valence electrons. The summed E-state index contributed by atoms with van der Waals surface area (Å²) in [5.74, 6) is 0.0135. The number of benzene rings is 1. The van der Waals surface area contributed by atoms with Gasteiger partial charge in [-0.2, -0.15) is 5.26 Å². The normalized spacial score (nSPS) is 13.3. The molecule has 7 nitrogen and oxygen atoms in total. The highest BCUT2D eigenvalue weighted by Gasteiger charge is 2.23. The van der Waals surface area contributed by atoms with Crippen LogP contribution in [0.3, 0.4) is 0 Å². The van der Waals surface area contributed by atoms with Crippen LogP contribution in [0.5, 0.6) is 0 Å². The lowest BCUT2D eigenvalue weighted by Crippen LogP contribution is -2.25. The minimum absolute atomic E-state index is 0.0135. The van der Waals surface area contributed by atoms with E-state index in [0.717, 1.165) is 12.8 Å². The maximum absolute atomic E-state index is 11.5. The molecule has 1 amide bonds. The predicted molar refractivity (Wildman–Crippen MR) is 76.7 cm³/mol. The summed E-state index contributed by atoms with van der Waals surface area (Å²) in [7, 11) is 0. The molecule has 0 aromatic heterocycles. The van der Waals surface area contributed by atoms with Crippen molar-refractivity contribution in [1.29, 1.82) is 5.26 Å². The highest BCUT2D eigenvalue weighted by molar-refractivity contribution is 5.76. The van der Waals surface area contributed by atoms with Crippen LogP contribution in [0.4, 0.5) is 11.4 Å². The highest BCUT2D eigenvalue weighted by Crippen LogP contribution is 2.27. The number of carbonyl (C=O) groups excluding carboxylic acids is 1. The van der Waals surface area contributed by atoms with Crippen molar-refractivity contribution in [2.75, 3.05) is 11.9 Å². The van der Waals surface area contributed by atoms with Gasteiger partial charge in [-0.25, -0.2) is 0 Å². The first kappa shape index (κ1) is 14.8. The Hall–Kier alpha value is -2.62. The molecule has 1 fully saturated rings. The van der Waals surface area contributed by atoms with Gasteiger partial charge in [0, 0.05) is 19.0 Å². The van der Waals surface area contributed by atoms with E-state index >= 15 is 0 Å². The molecule has 2 N–H and O–H groups in total. The van der Waals surface area contributed by atoms with E-state index in [2.05, 4.69) is 10.6 Å². The van der Waals surface area contributed by atoms with E-state index in [1.807, 2.05) is 6.07 Å². The topological polar surface area (TPSA) is 108 Å². The van der Waals surface area contributed by atoms with Crippen LogP contribution in [0.1, 0.15) is 31.2 Å². The van der Waals surface area contributed by atoms with Crippen LogP contribution in [0.2, 0.25) is 0 Å². The summed E-state index contributed by atoms with van der Waals surface area (Å²) in [5, 5.41) is 25.7. The first-order chi connectivity index (χ1) is 10.1. The highest BCUT2D eigenvalue weighted by atomic mass is 16.6. The molecular formula is C14H16N4O3. The molecule has 0 spiro atoms. The lowest BCUT2D eigenvalue weighted by atomic mass is 10.1. The zero-order valence-corrected chi connectivity index (χ0v) is 11.5. The van der Waals surface area contributed by atoms with Crippen molar-refractivity contribution < 1.29 is 9.72 Å². The Morgan fingerprint density at radius 1 is 1.48 bits per heavy atom. The van der Waals surface area contributed by atoms with Gasteiger partial charge in [-0.3, -0.25) is 14.9 Å². The van der Waals surface area contributed by atoms with E-state index in [1.165, 1.54) is 6.07 Å². The average Bonchev–Trinajstić information content (AvgIpc) is 3.26. The van der Waals surface area contributed by atoms with Gasteiger partial charge >= 0.3 is 5.69 Å². The second-order valence-electron chi connectivity index (χ2n) is 4.94. The van der Waals surface area contributed by atoms with Gasteiger partial charge in [0.05, 0.1) is 4.92 Å². The second-order valence-corrected chi connectivity index (χ2v) is 4.94. The van der Waals surface area contributed by atoms with Crippen LogP contribution in [-0.2, 0) is 4.79 Å². The third kappa shape index (κ3) is 4.18. The molecule has 21 heavy (non-hydrogen) atoms. The molecule has 1 aliphatic carbocycles. The lowest BCUT2D eigenvalue weighted by molar-refractivity contribution is -0.384. The van der Waals surface area contributed by atoms with Gasteiger partial charge in [0.15, 0.2) is 0 Å². The van der Waals surface area contributed by atoms with Crippen LogP contribution in [0.25, 0.3) is 0 Å². The third-order valence-electron chi connectivity index (χ3n) is 3.18. The van der Waals surface area contributed by atoms with Gasteiger partial charge in [-0.1, -0.05) is 6.07 Å². The SMILES string of the molecule is N#Cc1cccc(NCCCC(=O)NC2CC2)c1[N+](=O)[O-]. The second kappa shape index (κ2) is 6.70. The summed E-state index contributed by atoms with van der Waals surface area (Å²) in [5.41, 5.74) is 0.112. The zero-order valence-electron chi connectivity index (χ0n) is 11.5.